The van der Waals surface area contributed by atoms with Gasteiger partial charge in [0.25, 0.3) is 5.56 Å². The number of nitrogens with zero attached hydrogens (tertiary/aromatic N) is 5. The highest BCUT2D eigenvalue weighted by Crippen LogP contribution is 2.31. The molecule has 0 bridgehead atoms. The molecule has 1 fully saturated rings. The molecule has 1 aliphatic heterocycles. The highest BCUT2D eigenvalue weighted by atomic mass is 16.1. The van der Waals surface area contributed by atoms with Crippen molar-refractivity contribution >= 4 is 16.7 Å². The van der Waals surface area contributed by atoms with Crippen LogP contribution in [0.3, 0.4) is 0 Å². The van der Waals surface area contributed by atoms with Gasteiger partial charge in [-0.25, -0.2) is 14.6 Å². The molecule has 2 aromatic heterocycles. The second-order valence-corrected chi connectivity index (χ2v) is 8.38. The van der Waals surface area contributed by atoms with Crippen LogP contribution < -0.4 is 10.5 Å². The summed E-state index contributed by atoms with van der Waals surface area (Å²) in [6.45, 7) is 2.49. The first-order valence-corrected chi connectivity index (χ1v) is 11.0. The summed E-state index contributed by atoms with van der Waals surface area (Å²) >= 11 is 0. The molecular weight excluding hydrogens is 386 g/mol. The quantitative estimate of drug-likeness (QED) is 0.517. The predicted octanol–water partition coefficient (Wildman–Crippen LogP) is 3.60. The van der Waals surface area contributed by atoms with Gasteiger partial charge in [-0.05, 0) is 47.6 Å². The maximum Gasteiger partial charge on any atom is 0.267 e. The molecule has 2 aromatic carbocycles. The summed E-state index contributed by atoms with van der Waals surface area (Å²) in [5, 5.41) is 7.11. The number of rotatable bonds is 3. The first kappa shape index (κ1) is 18.2. The van der Waals surface area contributed by atoms with Gasteiger partial charge in [0.05, 0.1) is 17.9 Å². The third-order valence-corrected chi connectivity index (χ3v) is 6.41. The Bertz CT molecular complexity index is 1350. The molecule has 31 heavy (non-hydrogen) atoms. The van der Waals surface area contributed by atoms with E-state index in [9.17, 15) is 4.79 Å². The SMILES string of the molecule is O=c1cc2c(nn1Cc1cccc3ccccc13)-c1cnc(N3CCCC3)nc1CC2. The van der Waals surface area contributed by atoms with Gasteiger partial charge in [0.15, 0.2) is 0 Å². The monoisotopic (exact) mass is 409 g/mol. The Morgan fingerprint density at radius 3 is 2.71 bits per heavy atom. The average Bonchev–Trinajstić information content (AvgIpc) is 3.34. The molecule has 0 atom stereocenters. The van der Waals surface area contributed by atoms with Crippen molar-refractivity contribution in [3.8, 4) is 11.3 Å². The Labute approximate surface area is 180 Å². The first-order chi connectivity index (χ1) is 15.3. The minimum atomic E-state index is -0.0651. The Morgan fingerprint density at radius 2 is 1.81 bits per heavy atom. The summed E-state index contributed by atoms with van der Waals surface area (Å²) in [5.74, 6) is 0.823. The van der Waals surface area contributed by atoms with Gasteiger partial charge in [-0.2, -0.15) is 5.10 Å². The van der Waals surface area contributed by atoms with Crippen molar-refractivity contribution < 1.29 is 0 Å². The molecule has 0 unspecified atom stereocenters. The molecule has 4 aromatic rings. The van der Waals surface area contributed by atoms with E-state index in [2.05, 4.69) is 34.1 Å². The lowest BCUT2D eigenvalue weighted by Crippen LogP contribution is -2.27. The van der Waals surface area contributed by atoms with Gasteiger partial charge in [-0.15, -0.1) is 0 Å². The second-order valence-electron chi connectivity index (χ2n) is 8.38. The first-order valence-electron chi connectivity index (χ1n) is 11.0. The fourth-order valence-electron chi connectivity index (χ4n) is 4.77. The third-order valence-electron chi connectivity index (χ3n) is 6.41. The number of benzene rings is 2. The molecule has 0 radical (unpaired) electrons. The van der Waals surface area contributed by atoms with Crippen molar-refractivity contribution in [2.75, 3.05) is 18.0 Å². The Balaban J connectivity index is 1.40. The van der Waals surface area contributed by atoms with Crippen molar-refractivity contribution in [2.24, 2.45) is 0 Å². The fraction of sp³-hybridized carbons (Fsp3) is 0.280. The van der Waals surface area contributed by atoms with Crippen molar-refractivity contribution in [1.29, 1.82) is 0 Å². The largest absolute Gasteiger partial charge is 0.341 e. The lowest BCUT2D eigenvalue weighted by Gasteiger charge is -2.21. The lowest BCUT2D eigenvalue weighted by molar-refractivity contribution is 0.635. The van der Waals surface area contributed by atoms with Crippen molar-refractivity contribution in [3.05, 3.63) is 81.9 Å². The maximum absolute atomic E-state index is 12.8. The molecule has 154 valence electrons. The van der Waals surface area contributed by atoms with Crippen LogP contribution in [0, 0.1) is 0 Å². The van der Waals surface area contributed by atoms with E-state index >= 15 is 0 Å². The molecule has 6 heteroatoms. The van der Waals surface area contributed by atoms with Gasteiger partial charge in [-0.3, -0.25) is 4.79 Å². The normalized spacial score (nSPS) is 15.2. The van der Waals surface area contributed by atoms with Gasteiger partial charge in [0, 0.05) is 30.9 Å². The number of fused-ring (bicyclic) bond motifs is 4. The molecule has 6 rings (SSSR count). The molecule has 3 heterocycles. The van der Waals surface area contributed by atoms with Crippen LogP contribution in [-0.4, -0.2) is 32.8 Å². The van der Waals surface area contributed by atoms with Gasteiger partial charge >= 0.3 is 0 Å². The van der Waals surface area contributed by atoms with Crippen molar-refractivity contribution in [1.82, 2.24) is 19.7 Å². The van der Waals surface area contributed by atoms with E-state index in [1.165, 1.54) is 18.2 Å². The Kier molecular flexibility index (Phi) is 4.30. The van der Waals surface area contributed by atoms with Gasteiger partial charge in [0.1, 0.15) is 0 Å². The van der Waals surface area contributed by atoms with Gasteiger partial charge in [-0.1, -0.05) is 42.5 Å². The van der Waals surface area contributed by atoms with Crippen molar-refractivity contribution in [3.63, 3.8) is 0 Å². The van der Waals surface area contributed by atoms with E-state index < -0.39 is 0 Å². The minimum Gasteiger partial charge on any atom is -0.341 e. The molecule has 0 spiro atoms. The average molecular weight is 409 g/mol. The van der Waals surface area contributed by atoms with Crippen LogP contribution >= 0.6 is 0 Å². The van der Waals surface area contributed by atoms with E-state index in [-0.39, 0.29) is 5.56 Å². The lowest BCUT2D eigenvalue weighted by atomic mass is 9.94. The fourth-order valence-corrected chi connectivity index (χ4v) is 4.77. The summed E-state index contributed by atoms with van der Waals surface area (Å²) in [6.07, 6.45) is 5.90. The van der Waals surface area contributed by atoms with E-state index in [0.29, 0.717) is 6.54 Å². The van der Waals surface area contributed by atoms with E-state index in [1.807, 2.05) is 24.4 Å². The molecular formula is C25H23N5O. The summed E-state index contributed by atoms with van der Waals surface area (Å²) < 4.78 is 1.57. The molecule has 0 amide bonds. The predicted molar refractivity (Wildman–Crippen MR) is 121 cm³/mol. The van der Waals surface area contributed by atoms with Crippen LogP contribution in [0.25, 0.3) is 22.0 Å². The molecule has 1 saturated heterocycles. The number of anilines is 1. The molecule has 6 nitrogen and oxygen atoms in total. The Hall–Kier alpha value is -3.54. The van der Waals surface area contributed by atoms with Crippen LogP contribution in [0.4, 0.5) is 5.95 Å². The minimum absolute atomic E-state index is 0.0651. The Morgan fingerprint density at radius 1 is 0.968 bits per heavy atom. The summed E-state index contributed by atoms with van der Waals surface area (Å²) in [7, 11) is 0. The molecule has 0 saturated carbocycles. The van der Waals surface area contributed by atoms with Gasteiger partial charge in [0.2, 0.25) is 5.95 Å². The zero-order valence-corrected chi connectivity index (χ0v) is 17.3. The number of hydrogen-bond donors (Lipinski definition) is 0. The zero-order chi connectivity index (χ0) is 20.8. The van der Waals surface area contributed by atoms with Crippen LogP contribution in [0.5, 0.6) is 0 Å². The highest BCUT2D eigenvalue weighted by molar-refractivity contribution is 5.85. The third kappa shape index (κ3) is 3.19. The number of aryl methyl sites for hydroxylation is 2. The number of aromatic nitrogens is 4. The highest BCUT2D eigenvalue weighted by Gasteiger charge is 2.23. The topological polar surface area (TPSA) is 63.9 Å². The van der Waals surface area contributed by atoms with Gasteiger partial charge < -0.3 is 4.90 Å². The van der Waals surface area contributed by atoms with E-state index in [1.54, 1.807) is 10.7 Å². The zero-order valence-electron chi connectivity index (χ0n) is 17.3. The summed E-state index contributed by atoms with van der Waals surface area (Å²) in [6, 6.07) is 16.2. The molecule has 1 aliphatic carbocycles. The molecule has 0 N–H and O–H groups in total. The standard InChI is InChI=1S/C25H23N5O/c31-23-14-18-10-11-22-21(15-26-25(27-22)29-12-3-4-13-29)24(18)28-30(23)16-19-8-5-7-17-6-1-2-9-20(17)19/h1-2,5-9,14-15H,3-4,10-13,16H2. The molecule has 2 aliphatic rings. The van der Waals surface area contributed by atoms with Crippen LogP contribution in [-0.2, 0) is 19.4 Å². The smallest absolute Gasteiger partial charge is 0.267 e. The van der Waals surface area contributed by atoms with Crippen molar-refractivity contribution in [2.45, 2.75) is 32.2 Å². The summed E-state index contributed by atoms with van der Waals surface area (Å²) in [4.78, 5) is 24.6. The number of hydrogen-bond acceptors (Lipinski definition) is 5. The van der Waals surface area contributed by atoms with Crippen LogP contribution in [0.1, 0.15) is 29.7 Å². The van der Waals surface area contributed by atoms with E-state index in [0.717, 1.165) is 65.3 Å². The van der Waals surface area contributed by atoms with Crippen LogP contribution in [0.15, 0.2) is 59.5 Å². The summed E-state index contributed by atoms with van der Waals surface area (Å²) in [5.41, 5.74) is 4.84. The van der Waals surface area contributed by atoms with Crippen LogP contribution in [0.2, 0.25) is 0 Å². The second kappa shape index (κ2) is 7.30. The van der Waals surface area contributed by atoms with E-state index in [4.69, 9.17) is 10.1 Å². The maximum atomic E-state index is 12.8.